The van der Waals surface area contributed by atoms with E-state index < -0.39 is 0 Å². The molecule has 5 heteroatoms. The average molecular weight is 350 g/mol. The third kappa shape index (κ3) is 3.44. The van der Waals surface area contributed by atoms with Crippen molar-refractivity contribution in [3.05, 3.63) is 59.9 Å². The number of fused-ring (bicyclic) bond motifs is 1. The van der Waals surface area contributed by atoms with Crippen LogP contribution >= 0.6 is 0 Å². The van der Waals surface area contributed by atoms with Crippen LogP contribution in [-0.4, -0.2) is 61.0 Å². The Morgan fingerprint density at radius 2 is 1.62 bits per heavy atom. The lowest BCUT2D eigenvalue weighted by Crippen LogP contribution is -2.33. The summed E-state index contributed by atoms with van der Waals surface area (Å²) in [5, 5.41) is 0. The molecule has 2 atom stereocenters. The Hall–Kier alpha value is -2.40. The smallest absolute Gasteiger partial charge is 0.253 e. The number of pyridine rings is 1. The van der Waals surface area contributed by atoms with Gasteiger partial charge in [0, 0.05) is 70.5 Å². The van der Waals surface area contributed by atoms with E-state index in [4.69, 9.17) is 0 Å². The summed E-state index contributed by atoms with van der Waals surface area (Å²) in [4.78, 5) is 23.3. The second-order valence-corrected chi connectivity index (χ2v) is 7.72. The van der Waals surface area contributed by atoms with Gasteiger partial charge in [-0.05, 0) is 41.7 Å². The zero-order valence-corrected chi connectivity index (χ0v) is 15.5. The highest BCUT2D eigenvalue weighted by Gasteiger charge is 2.41. The van der Waals surface area contributed by atoms with Gasteiger partial charge in [0.25, 0.3) is 5.91 Å². The molecule has 0 saturated carbocycles. The summed E-state index contributed by atoms with van der Waals surface area (Å²) in [6.07, 6.45) is 3.38. The summed E-state index contributed by atoms with van der Waals surface area (Å²) in [5.74, 6) is 1.34. The lowest BCUT2D eigenvalue weighted by molar-refractivity contribution is 0.0773. The predicted octanol–water partition coefficient (Wildman–Crippen LogP) is 2.35. The van der Waals surface area contributed by atoms with Gasteiger partial charge in [-0.25, -0.2) is 0 Å². The number of hydrogen-bond acceptors (Lipinski definition) is 4. The Morgan fingerprint density at radius 1 is 1.00 bits per heavy atom. The summed E-state index contributed by atoms with van der Waals surface area (Å²) in [6, 6.07) is 12.4. The number of amides is 1. The third-order valence-electron chi connectivity index (χ3n) is 5.64. The van der Waals surface area contributed by atoms with Crippen molar-refractivity contribution in [3.8, 4) is 0 Å². The van der Waals surface area contributed by atoms with E-state index in [1.807, 2.05) is 4.90 Å². The fourth-order valence-electron chi connectivity index (χ4n) is 4.22. The fraction of sp³-hybridized carbons (Fsp3) is 0.429. The Morgan fingerprint density at radius 3 is 2.19 bits per heavy atom. The highest BCUT2D eigenvalue weighted by molar-refractivity contribution is 5.94. The van der Waals surface area contributed by atoms with Crippen LogP contribution in [0.3, 0.4) is 0 Å². The first-order chi connectivity index (χ1) is 12.6. The number of nitrogens with zero attached hydrogens (tertiary/aromatic N) is 4. The number of carbonyl (C=O) groups is 1. The first-order valence-corrected chi connectivity index (χ1v) is 9.28. The van der Waals surface area contributed by atoms with Crippen molar-refractivity contribution < 1.29 is 4.79 Å². The average Bonchev–Trinajstić information content (AvgIpc) is 3.21. The molecule has 1 aromatic carbocycles. The second kappa shape index (κ2) is 7.08. The van der Waals surface area contributed by atoms with E-state index in [-0.39, 0.29) is 5.91 Å². The van der Waals surface area contributed by atoms with E-state index in [9.17, 15) is 4.79 Å². The first-order valence-electron chi connectivity index (χ1n) is 9.28. The lowest BCUT2D eigenvalue weighted by Gasteiger charge is -2.22. The van der Waals surface area contributed by atoms with Gasteiger partial charge in [-0.3, -0.25) is 14.7 Å². The molecule has 4 rings (SSSR count). The topological polar surface area (TPSA) is 39.7 Å². The minimum absolute atomic E-state index is 0.146. The van der Waals surface area contributed by atoms with Crippen LogP contribution in [0.1, 0.15) is 15.9 Å². The van der Waals surface area contributed by atoms with Gasteiger partial charge in [0.1, 0.15) is 0 Å². The minimum Gasteiger partial charge on any atom is -0.378 e. The van der Waals surface area contributed by atoms with Crippen molar-refractivity contribution in [2.24, 2.45) is 11.8 Å². The molecule has 2 aliphatic rings. The molecule has 0 spiro atoms. The lowest BCUT2D eigenvalue weighted by atomic mass is 10.0. The molecule has 0 radical (unpaired) electrons. The van der Waals surface area contributed by atoms with E-state index in [0.717, 1.165) is 38.3 Å². The number of aromatic nitrogens is 1. The normalized spacial score (nSPS) is 22.5. The quantitative estimate of drug-likeness (QED) is 0.849. The van der Waals surface area contributed by atoms with Crippen LogP contribution in [0.4, 0.5) is 5.69 Å². The molecular weight excluding hydrogens is 324 g/mol. The van der Waals surface area contributed by atoms with E-state index in [0.29, 0.717) is 11.8 Å². The summed E-state index contributed by atoms with van der Waals surface area (Å²) in [6.45, 7) is 4.92. The standard InChI is InChI=1S/C21H26N4O/c1-23(2)20-5-3-16(4-6-20)11-24-12-18-14-25(15-19(18)13-24)21(26)17-7-9-22-10-8-17/h3-10,18-19H,11-15H2,1-2H3. The van der Waals surface area contributed by atoms with Gasteiger partial charge in [-0.1, -0.05) is 12.1 Å². The Labute approximate surface area is 155 Å². The van der Waals surface area contributed by atoms with Gasteiger partial charge in [0.15, 0.2) is 0 Å². The van der Waals surface area contributed by atoms with E-state index in [1.165, 1.54) is 11.3 Å². The number of benzene rings is 1. The summed E-state index contributed by atoms with van der Waals surface area (Å²) in [5.41, 5.74) is 3.34. The molecule has 3 heterocycles. The molecule has 2 aromatic rings. The van der Waals surface area contributed by atoms with E-state index >= 15 is 0 Å². The molecule has 0 bridgehead atoms. The van der Waals surface area contributed by atoms with Crippen molar-refractivity contribution in [2.75, 3.05) is 45.2 Å². The second-order valence-electron chi connectivity index (χ2n) is 7.72. The molecule has 1 aromatic heterocycles. The SMILES string of the molecule is CN(C)c1ccc(CN2CC3CN(C(=O)c4ccncc4)CC3C2)cc1. The predicted molar refractivity (Wildman–Crippen MR) is 103 cm³/mol. The van der Waals surface area contributed by atoms with Crippen molar-refractivity contribution in [3.63, 3.8) is 0 Å². The van der Waals surface area contributed by atoms with Crippen LogP contribution in [0.2, 0.25) is 0 Å². The maximum Gasteiger partial charge on any atom is 0.253 e. The third-order valence-corrected chi connectivity index (χ3v) is 5.64. The number of anilines is 1. The highest BCUT2D eigenvalue weighted by atomic mass is 16.2. The molecule has 2 fully saturated rings. The summed E-state index contributed by atoms with van der Waals surface area (Å²) >= 11 is 0. The molecule has 5 nitrogen and oxygen atoms in total. The van der Waals surface area contributed by atoms with Crippen LogP contribution < -0.4 is 4.90 Å². The number of rotatable bonds is 4. The van der Waals surface area contributed by atoms with Crippen molar-refractivity contribution >= 4 is 11.6 Å². The molecule has 1 amide bonds. The van der Waals surface area contributed by atoms with Crippen LogP contribution in [0, 0.1) is 11.8 Å². The molecule has 136 valence electrons. The monoisotopic (exact) mass is 350 g/mol. The molecule has 0 N–H and O–H groups in total. The molecule has 2 unspecified atom stereocenters. The number of hydrogen-bond donors (Lipinski definition) is 0. The van der Waals surface area contributed by atoms with Crippen LogP contribution in [0.5, 0.6) is 0 Å². The van der Waals surface area contributed by atoms with Crippen LogP contribution in [0.25, 0.3) is 0 Å². The maximum absolute atomic E-state index is 12.6. The van der Waals surface area contributed by atoms with Gasteiger partial charge in [-0.15, -0.1) is 0 Å². The summed E-state index contributed by atoms with van der Waals surface area (Å²) in [7, 11) is 4.13. The highest BCUT2D eigenvalue weighted by Crippen LogP contribution is 2.32. The Bertz CT molecular complexity index is 745. The van der Waals surface area contributed by atoms with Crippen LogP contribution in [0.15, 0.2) is 48.8 Å². The summed E-state index contributed by atoms with van der Waals surface area (Å²) < 4.78 is 0. The number of likely N-dealkylation sites (tertiary alicyclic amines) is 2. The van der Waals surface area contributed by atoms with Crippen molar-refractivity contribution in [2.45, 2.75) is 6.54 Å². The maximum atomic E-state index is 12.6. The number of carbonyl (C=O) groups excluding carboxylic acids is 1. The van der Waals surface area contributed by atoms with E-state index in [1.54, 1.807) is 24.5 Å². The van der Waals surface area contributed by atoms with Crippen LogP contribution in [-0.2, 0) is 6.54 Å². The first kappa shape index (κ1) is 17.0. The largest absolute Gasteiger partial charge is 0.378 e. The van der Waals surface area contributed by atoms with E-state index in [2.05, 4.69) is 53.1 Å². The van der Waals surface area contributed by atoms with Gasteiger partial charge in [0.05, 0.1) is 0 Å². The molecule has 0 aliphatic carbocycles. The zero-order chi connectivity index (χ0) is 18.1. The Kier molecular flexibility index (Phi) is 4.64. The molecule has 2 aliphatic heterocycles. The van der Waals surface area contributed by atoms with Crippen molar-refractivity contribution in [1.82, 2.24) is 14.8 Å². The van der Waals surface area contributed by atoms with Gasteiger partial charge in [0.2, 0.25) is 0 Å². The molecule has 2 saturated heterocycles. The van der Waals surface area contributed by atoms with Gasteiger partial charge < -0.3 is 9.80 Å². The molecule has 26 heavy (non-hydrogen) atoms. The van der Waals surface area contributed by atoms with Crippen molar-refractivity contribution in [1.29, 1.82) is 0 Å². The van der Waals surface area contributed by atoms with Gasteiger partial charge >= 0.3 is 0 Å². The zero-order valence-electron chi connectivity index (χ0n) is 15.5. The molecular formula is C21H26N4O. The fourth-order valence-corrected chi connectivity index (χ4v) is 4.22. The minimum atomic E-state index is 0.146. The Balaban J connectivity index is 1.33. The van der Waals surface area contributed by atoms with Gasteiger partial charge in [-0.2, -0.15) is 0 Å².